The molecule has 0 aromatic heterocycles. The van der Waals surface area contributed by atoms with E-state index in [4.69, 9.17) is 9.47 Å². The first-order valence-electron chi connectivity index (χ1n) is 9.66. The van der Waals surface area contributed by atoms with Crippen molar-refractivity contribution in [2.75, 3.05) is 54.2 Å². The third-order valence-corrected chi connectivity index (χ3v) is 6.17. The first kappa shape index (κ1) is 21.9. The van der Waals surface area contributed by atoms with E-state index >= 15 is 0 Å². The van der Waals surface area contributed by atoms with E-state index in [0.717, 1.165) is 29.3 Å². The summed E-state index contributed by atoms with van der Waals surface area (Å²) in [4.78, 5) is 15.0. The second kappa shape index (κ2) is 9.36. The number of nitrogens with zero attached hydrogens (tertiary/aromatic N) is 2. The van der Waals surface area contributed by atoms with Gasteiger partial charge in [0.05, 0.1) is 32.3 Å². The summed E-state index contributed by atoms with van der Waals surface area (Å²) in [5.41, 5.74) is 2.05. The molecule has 2 aromatic carbocycles. The number of nitrogens with one attached hydrogen (secondary N) is 1. The van der Waals surface area contributed by atoms with Crippen LogP contribution in [0.15, 0.2) is 48.5 Å². The van der Waals surface area contributed by atoms with Crippen LogP contribution in [0.3, 0.4) is 0 Å². The molecule has 0 radical (unpaired) electrons. The topological polar surface area (TPSA) is 88.2 Å². The molecule has 1 amide bonds. The summed E-state index contributed by atoms with van der Waals surface area (Å²) in [6.45, 7) is 4.61. The van der Waals surface area contributed by atoms with Gasteiger partial charge in [0.1, 0.15) is 11.8 Å². The Balaban J connectivity index is 1.73. The Labute approximate surface area is 177 Å². The molecule has 1 atom stereocenters. The molecule has 8 nitrogen and oxygen atoms in total. The van der Waals surface area contributed by atoms with Gasteiger partial charge in [-0.2, -0.15) is 0 Å². The molecule has 3 rings (SSSR count). The number of morpholine rings is 1. The first-order chi connectivity index (χ1) is 14.3. The summed E-state index contributed by atoms with van der Waals surface area (Å²) in [6, 6.07) is 13.1. The number of anilines is 3. The summed E-state index contributed by atoms with van der Waals surface area (Å²) in [7, 11) is -2.15. The maximum Gasteiger partial charge on any atom is 0.247 e. The molecule has 0 spiro atoms. The highest BCUT2D eigenvalue weighted by molar-refractivity contribution is 7.92. The van der Waals surface area contributed by atoms with E-state index in [2.05, 4.69) is 10.2 Å². The van der Waals surface area contributed by atoms with Crippen molar-refractivity contribution in [3.63, 3.8) is 0 Å². The van der Waals surface area contributed by atoms with Crippen LogP contribution in [-0.2, 0) is 19.6 Å². The number of carbonyl (C=O) groups is 1. The van der Waals surface area contributed by atoms with Crippen molar-refractivity contribution in [3.05, 3.63) is 48.5 Å². The van der Waals surface area contributed by atoms with Crippen LogP contribution in [0.25, 0.3) is 0 Å². The predicted octanol–water partition coefficient (Wildman–Crippen LogP) is 2.33. The molecule has 9 heteroatoms. The minimum absolute atomic E-state index is 0.392. The molecule has 1 fully saturated rings. The van der Waals surface area contributed by atoms with Gasteiger partial charge in [0.25, 0.3) is 0 Å². The number of methoxy groups -OCH3 is 1. The number of rotatable bonds is 7. The second-order valence-electron chi connectivity index (χ2n) is 7.07. The van der Waals surface area contributed by atoms with Crippen molar-refractivity contribution in [2.45, 2.75) is 13.0 Å². The lowest BCUT2D eigenvalue weighted by Crippen LogP contribution is -2.45. The number of benzene rings is 2. The maximum absolute atomic E-state index is 12.8. The van der Waals surface area contributed by atoms with E-state index in [0.29, 0.717) is 30.3 Å². The molecule has 1 aliphatic rings. The SMILES string of the molecule is COc1ccc(N([C@@H](C)C(=O)Nc2ccc(N3CCOCC3)cc2)S(C)(=O)=O)cc1. The van der Waals surface area contributed by atoms with Gasteiger partial charge in [-0.1, -0.05) is 0 Å². The number of ether oxygens (including phenoxy) is 2. The highest BCUT2D eigenvalue weighted by Crippen LogP contribution is 2.25. The second-order valence-corrected chi connectivity index (χ2v) is 8.93. The Morgan fingerprint density at radius 3 is 2.23 bits per heavy atom. The van der Waals surface area contributed by atoms with Crippen LogP contribution in [0.5, 0.6) is 5.75 Å². The van der Waals surface area contributed by atoms with Gasteiger partial charge in [0.15, 0.2) is 0 Å². The smallest absolute Gasteiger partial charge is 0.247 e. The minimum atomic E-state index is -3.68. The summed E-state index contributed by atoms with van der Waals surface area (Å²) >= 11 is 0. The molecular formula is C21H27N3O5S. The number of carbonyl (C=O) groups excluding carboxylic acids is 1. The Kier molecular flexibility index (Phi) is 6.84. The Morgan fingerprint density at radius 2 is 1.70 bits per heavy atom. The van der Waals surface area contributed by atoms with Crippen LogP contribution in [-0.4, -0.2) is 60.0 Å². The van der Waals surface area contributed by atoms with Crippen molar-refractivity contribution < 1.29 is 22.7 Å². The summed E-state index contributed by atoms with van der Waals surface area (Å²) in [6.07, 6.45) is 1.08. The fourth-order valence-electron chi connectivity index (χ4n) is 3.36. The fourth-order valence-corrected chi connectivity index (χ4v) is 4.54. The number of sulfonamides is 1. The van der Waals surface area contributed by atoms with Crippen LogP contribution in [0.1, 0.15) is 6.92 Å². The third-order valence-electron chi connectivity index (χ3n) is 4.93. The Hall–Kier alpha value is -2.78. The van der Waals surface area contributed by atoms with E-state index in [1.54, 1.807) is 31.2 Å². The Bertz CT molecular complexity index is 955. The maximum atomic E-state index is 12.8. The van der Waals surface area contributed by atoms with Crippen LogP contribution in [0.4, 0.5) is 17.1 Å². The van der Waals surface area contributed by atoms with Crippen LogP contribution >= 0.6 is 0 Å². The van der Waals surface area contributed by atoms with Crippen LogP contribution in [0.2, 0.25) is 0 Å². The minimum Gasteiger partial charge on any atom is -0.497 e. The van der Waals surface area contributed by atoms with Gasteiger partial charge in [-0.25, -0.2) is 8.42 Å². The highest BCUT2D eigenvalue weighted by atomic mass is 32.2. The van der Waals surface area contributed by atoms with Gasteiger partial charge in [-0.05, 0) is 55.5 Å². The van der Waals surface area contributed by atoms with Crippen LogP contribution < -0.4 is 19.3 Å². The van der Waals surface area contributed by atoms with Gasteiger partial charge >= 0.3 is 0 Å². The fraction of sp³-hybridized carbons (Fsp3) is 0.381. The van der Waals surface area contributed by atoms with E-state index < -0.39 is 22.0 Å². The zero-order valence-corrected chi connectivity index (χ0v) is 18.2. The van der Waals surface area contributed by atoms with E-state index in [1.165, 1.54) is 7.11 Å². The molecule has 0 aliphatic carbocycles. The van der Waals surface area contributed by atoms with Gasteiger partial charge < -0.3 is 19.7 Å². The lowest BCUT2D eigenvalue weighted by atomic mass is 10.2. The van der Waals surface area contributed by atoms with E-state index in [-0.39, 0.29) is 0 Å². The molecule has 1 aliphatic heterocycles. The van der Waals surface area contributed by atoms with Crippen LogP contribution in [0, 0.1) is 0 Å². The quantitative estimate of drug-likeness (QED) is 0.721. The largest absolute Gasteiger partial charge is 0.497 e. The van der Waals surface area contributed by atoms with Gasteiger partial charge in [-0.15, -0.1) is 0 Å². The van der Waals surface area contributed by atoms with Gasteiger partial charge in [0, 0.05) is 24.5 Å². The molecule has 1 saturated heterocycles. The summed E-state index contributed by atoms with van der Waals surface area (Å²) in [5.74, 6) is 0.181. The molecular weight excluding hydrogens is 406 g/mol. The average Bonchev–Trinajstić information content (AvgIpc) is 2.74. The molecule has 1 N–H and O–H groups in total. The molecule has 0 unspecified atom stereocenters. The molecule has 1 heterocycles. The average molecular weight is 434 g/mol. The Morgan fingerprint density at radius 1 is 1.10 bits per heavy atom. The van der Waals surface area contributed by atoms with Crippen molar-refractivity contribution in [1.29, 1.82) is 0 Å². The predicted molar refractivity (Wildman–Crippen MR) is 118 cm³/mol. The lowest BCUT2D eigenvalue weighted by Gasteiger charge is -2.29. The first-order valence-corrected chi connectivity index (χ1v) is 11.5. The monoisotopic (exact) mass is 433 g/mol. The third kappa shape index (κ3) is 5.22. The molecule has 0 saturated carbocycles. The van der Waals surface area contributed by atoms with E-state index in [9.17, 15) is 13.2 Å². The van der Waals surface area contributed by atoms with Gasteiger partial charge in [0.2, 0.25) is 15.9 Å². The van der Waals surface area contributed by atoms with E-state index in [1.807, 2.05) is 24.3 Å². The highest BCUT2D eigenvalue weighted by Gasteiger charge is 2.29. The number of hydrogen-bond acceptors (Lipinski definition) is 6. The summed E-state index contributed by atoms with van der Waals surface area (Å²) in [5, 5.41) is 2.80. The molecule has 2 aromatic rings. The number of hydrogen-bond donors (Lipinski definition) is 1. The number of amides is 1. The molecule has 30 heavy (non-hydrogen) atoms. The molecule has 0 bridgehead atoms. The standard InChI is InChI=1S/C21H27N3O5S/c1-16(24(30(3,26)27)19-8-10-20(28-2)11-9-19)21(25)22-17-4-6-18(7-5-17)23-12-14-29-15-13-23/h4-11,16H,12-15H2,1-3H3,(H,22,25)/t16-/m0/s1. The van der Waals surface area contributed by atoms with Gasteiger partial charge in [-0.3, -0.25) is 9.10 Å². The van der Waals surface area contributed by atoms with Crippen molar-refractivity contribution in [1.82, 2.24) is 0 Å². The zero-order valence-electron chi connectivity index (χ0n) is 17.4. The molecule has 162 valence electrons. The van der Waals surface area contributed by atoms with Crippen molar-refractivity contribution in [3.8, 4) is 5.75 Å². The van der Waals surface area contributed by atoms with Crippen molar-refractivity contribution in [2.24, 2.45) is 0 Å². The zero-order chi connectivity index (χ0) is 21.7. The lowest BCUT2D eigenvalue weighted by molar-refractivity contribution is -0.116. The van der Waals surface area contributed by atoms with Crippen molar-refractivity contribution >= 4 is 33.0 Å². The summed E-state index contributed by atoms with van der Waals surface area (Å²) < 4.78 is 36.4. The normalized spacial score (nSPS) is 15.4.